The molecule has 0 bridgehead atoms. The maximum Gasteiger partial charge on any atom is 0.333 e. The van der Waals surface area contributed by atoms with E-state index < -0.39 is 5.97 Å². The molecule has 1 aromatic rings. The third kappa shape index (κ3) is 3.26. The molecule has 0 atom stereocenters. The second-order valence-electron chi connectivity index (χ2n) is 2.40. The van der Waals surface area contributed by atoms with E-state index >= 15 is 0 Å². The highest BCUT2D eigenvalue weighted by Gasteiger charge is 1.93. The lowest BCUT2D eigenvalue weighted by atomic mass is 10.3. The first kappa shape index (κ1) is 10.2. The quantitative estimate of drug-likeness (QED) is 0.420. The highest BCUT2D eigenvalue weighted by Crippen LogP contribution is 2.10. The summed E-state index contributed by atoms with van der Waals surface area (Å²) in [5.74, 6) is -0.395. The predicted octanol–water partition coefficient (Wildman–Crippen LogP) is 1.89. The average Bonchev–Trinajstić information content (AvgIpc) is 2.21. The number of carbonyl (C=O) groups excluding carboxylic acids is 1. The van der Waals surface area contributed by atoms with Crippen molar-refractivity contribution in [3.8, 4) is 5.75 Å². The summed E-state index contributed by atoms with van der Waals surface area (Å²) in [6.07, 6.45) is 2.31. The van der Waals surface area contributed by atoms with Crippen LogP contribution in [0.1, 0.15) is 0 Å². The zero-order valence-electron chi connectivity index (χ0n) is 7.57. The van der Waals surface area contributed by atoms with E-state index in [0.717, 1.165) is 6.08 Å². The van der Waals surface area contributed by atoms with Crippen molar-refractivity contribution >= 4 is 5.97 Å². The lowest BCUT2D eigenvalue weighted by Gasteiger charge is -1.98. The first-order valence-corrected chi connectivity index (χ1v) is 3.89. The van der Waals surface area contributed by atoms with Crippen LogP contribution >= 0.6 is 0 Å². The van der Waals surface area contributed by atoms with Gasteiger partial charge in [-0.3, -0.25) is 0 Å². The van der Waals surface area contributed by atoms with Gasteiger partial charge in [0.25, 0.3) is 0 Å². The van der Waals surface area contributed by atoms with Crippen molar-refractivity contribution in [3.05, 3.63) is 42.4 Å². The molecule has 0 saturated heterocycles. The summed E-state index contributed by atoms with van der Waals surface area (Å²) in [5, 5.41) is 0. The van der Waals surface area contributed by atoms with E-state index in [1.807, 2.05) is 0 Å². The zero-order chi connectivity index (χ0) is 10.4. The van der Waals surface area contributed by atoms with Gasteiger partial charge in [-0.25, -0.2) is 9.18 Å². The molecule has 4 heteroatoms. The lowest BCUT2D eigenvalue weighted by molar-refractivity contribution is -0.134. The number of hydrogen-bond donors (Lipinski definition) is 0. The summed E-state index contributed by atoms with van der Waals surface area (Å²) >= 11 is 0. The first-order chi connectivity index (χ1) is 6.72. The lowest BCUT2D eigenvalue weighted by Crippen LogP contribution is -1.95. The Bertz CT molecular complexity index is 330. The van der Waals surface area contributed by atoms with E-state index in [-0.39, 0.29) is 5.82 Å². The number of halogens is 1. The van der Waals surface area contributed by atoms with Crippen LogP contribution in [0, 0.1) is 5.82 Å². The number of rotatable bonds is 3. The molecule has 1 rings (SSSR count). The zero-order valence-corrected chi connectivity index (χ0v) is 7.57. The average molecular weight is 196 g/mol. The van der Waals surface area contributed by atoms with Gasteiger partial charge in [0.05, 0.1) is 19.4 Å². The van der Waals surface area contributed by atoms with E-state index in [1.54, 1.807) is 0 Å². The maximum atomic E-state index is 12.4. The van der Waals surface area contributed by atoms with Gasteiger partial charge in [-0.15, -0.1) is 0 Å². The maximum absolute atomic E-state index is 12.4. The SMILES string of the molecule is COC(=O)/C=C\Oc1ccc(F)cc1. The highest BCUT2D eigenvalue weighted by molar-refractivity contribution is 5.81. The number of ether oxygens (including phenoxy) is 2. The number of methoxy groups -OCH3 is 1. The second kappa shape index (κ2) is 5.01. The van der Waals surface area contributed by atoms with Gasteiger partial charge in [0.1, 0.15) is 11.6 Å². The molecular formula is C10H9FO3. The Kier molecular flexibility index (Phi) is 3.67. The molecule has 0 heterocycles. The molecular weight excluding hydrogens is 187 g/mol. The van der Waals surface area contributed by atoms with Crippen molar-refractivity contribution < 1.29 is 18.7 Å². The fraction of sp³-hybridized carbons (Fsp3) is 0.100. The van der Waals surface area contributed by atoms with Crippen molar-refractivity contribution in [1.29, 1.82) is 0 Å². The molecule has 0 unspecified atom stereocenters. The second-order valence-corrected chi connectivity index (χ2v) is 2.40. The Morgan fingerprint density at radius 2 is 2.00 bits per heavy atom. The van der Waals surface area contributed by atoms with Crippen LogP contribution in [-0.4, -0.2) is 13.1 Å². The van der Waals surface area contributed by atoms with Gasteiger partial charge in [-0.1, -0.05) is 0 Å². The summed E-state index contributed by atoms with van der Waals surface area (Å²) in [4.78, 5) is 10.6. The molecule has 14 heavy (non-hydrogen) atoms. The molecule has 0 aliphatic carbocycles. The largest absolute Gasteiger partial charge is 0.466 e. The topological polar surface area (TPSA) is 35.5 Å². The molecule has 0 aromatic heterocycles. The van der Waals surface area contributed by atoms with Crippen LogP contribution in [0.25, 0.3) is 0 Å². The Balaban J connectivity index is 2.49. The normalized spacial score (nSPS) is 10.1. The van der Waals surface area contributed by atoms with E-state index in [2.05, 4.69) is 4.74 Å². The summed E-state index contributed by atoms with van der Waals surface area (Å²) in [6.45, 7) is 0. The fourth-order valence-corrected chi connectivity index (χ4v) is 0.749. The molecule has 0 fully saturated rings. The van der Waals surface area contributed by atoms with Crippen molar-refractivity contribution in [2.45, 2.75) is 0 Å². The van der Waals surface area contributed by atoms with E-state index in [4.69, 9.17) is 4.74 Å². The van der Waals surface area contributed by atoms with Crippen LogP contribution in [0.3, 0.4) is 0 Å². The van der Waals surface area contributed by atoms with Gasteiger partial charge in [-0.05, 0) is 24.3 Å². The molecule has 0 radical (unpaired) electrons. The van der Waals surface area contributed by atoms with Gasteiger partial charge in [0.15, 0.2) is 0 Å². The van der Waals surface area contributed by atoms with Crippen LogP contribution in [0.15, 0.2) is 36.6 Å². The van der Waals surface area contributed by atoms with Crippen LogP contribution in [0.5, 0.6) is 5.75 Å². The summed E-state index contributed by atoms with van der Waals surface area (Å²) in [5.41, 5.74) is 0. The number of carbonyl (C=O) groups is 1. The number of esters is 1. The molecule has 0 aliphatic heterocycles. The van der Waals surface area contributed by atoms with Crippen LogP contribution in [0.4, 0.5) is 4.39 Å². The van der Waals surface area contributed by atoms with Gasteiger partial charge >= 0.3 is 5.97 Å². The van der Waals surface area contributed by atoms with Crippen molar-refractivity contribution in [1.82, 2.24) is 0 Å². The minimum atomic E-state index is -0.507. The van der Waals surface area contributed by atoms with Gasteiger partial charge < -0.3 is 9.47 Å². The number of benzene rings is 1. The van der Waals surface area contributed by atoms with Crippen molar-refractivity contribution in [2.24, 2.45) is 0 Å². The minimum Gasteiger partial charge on any atom is -0.466 e. The molecule has 0 saturated carbocycles. The van der Waals surface area contributed by atoms with E-state index in [0.29, 0.717) is 5.75 Å². The molecule has 0 aliphatic rings. The monoisotopic (exact) mass is 196 g/mol. The van der Waals surface area contributed by atoms with E-state index in [1.165, 1.54) is 37.6 Å². The van der Waals surface area contributed by atoms with Gasteiger partial charge in [0.2, 0.25) is 0 Å². The van der Waals surface area contributed by atoms with Crippen molar-refractivity contribution in [2.75, 3.05) is 7.11 Å². The smallest absolute Gasteiger partial charge is 0.333 e. The Labute approximate surface area is 80.8 Å². The Hall–Kier alpha value is -1.84. The molecule has 74 valence electrons. The predicted molar refractivity (Wildman–Crippen MR) is 48.2 cm³/mol. The fourth-order valence-electron chi connectivity index (χ4n) is 0.749. The Morgan fingerprint density at radius 1 is 1.36 bits per heavy atom. The third-order valence-corrected chi connectivity index (χ3v) is 1.42. The van der Waals surface area contributed by atoms with Gasteiger partial charge in [-0.2, -0.15) is 0 Å². The standard InChI is InChI=1S/C10H9FO3/c1-13-10(12)6-7-14-9-4-2-8(11)3-5-9/h2-7H,1H3/b7-6-. The molecule has 0 spiro atoms. The first-order valence-electron chi connectivity index (χ1n) is 3.89. The minimum absolute atomic E-state index is 0.339. The molecule has 0 amide bonds. The highest BCUT2D eigenvalue weighted by atomic mass is 19.1. The Morgan fingerprint density at radius 3 is 2.57 bits per heavy atom. The summed E-state index contributed by atoms with van der Waals surface area (Å²) < 4.78 is 21.8. The van der Waals surface area contributed by atoms with Crippen molar-refractivity contribution in [3.63, 3.8) is 0 Å². The van der Waals surface area contributed by atoms with Crippen LogP contribution < -0.4 is 4.74 Å². The van der Waals surface area contributed by atoms with E-state index in [9.17, 15) is 9.18 Å². The van der Waals surface area contributed by atoms with Gasteiger partial charge in [0, 0.05) is 0 Å². The summed E-state index contributed by atoms with van der Waals surface area (Å²) in [7, 11) is 1.27. The molecule has 3 nitrogen and oxygen atoms in total. The van der Waals surface area contributed by atoms with Crippen LogP contribution in [0.2, 0.25) is 0 Å². The van der Waals surface area contributed by atoms with Crippen LogP contribution in [-0.2, 0) is 9.53 Å². The summed E-state index contributed by atoms with van der Waals surface area (Å²) in [6, 6.07) is 5.44. The molecule has 0 N–H and O–H groups in total. The third-order valence-electron chi connectivity index (χ3n) is 1.42. The molecule has 1 aromatic carbocycles. The number of hydrogen-bond acceptors (Lipinski definition) is 3.